The van der Waals surface area contributed by atoms with E-state index in [1.165, 1.54) is 4.90 Å². The van der Waals surface area contributed by atoms with E-state index in [4.69, 9.17) is 4.74 Å². The van der Waals surface area contributed by atoms with Crippen LogP contribution in [0.1, 0.15) is 29.4 Å². The first kappa shape index (κ1) is 12.9. The molecule has 0 spiro atoms. The molecule has 1 N–H and O–H groups in total. The number of rotatable bonds is 3. The predicted octanol–water partition coefficient (Wildman–Crippen LogP) is 0.930. The van der Waals surface area contributed by atoms with Crippen molar-refractivity contribution in [2.75, 3.05) is 18.1 Å². The predicted molar refractivity (Wildman–Crippen MR) is 69.0 cm³/mol. The van der Waals surface area contributed by atoms with Crippen LogP contribution in [-0.4, -0.2) is 40.5 Å². The highest BCUT2D eigenvalue weighted by Gasteiger charge is 2.34. The molecule has 98 valence electrons. The number of nitrogens with one attached hydrogen (secondary N) is 1. The van der Waals surface area contributed by atoms with Crippen molar-refractivity contribution in [2.45, 2.75) is 25.5 Å². The van der Waals surface area contributed by atoms with E-state index in [-0.39, 0.29) is 17.8 Å². The van der Waals surface area contributed by atoms with E-state index in [1.807, 2.05) is 0 Å². The molecule has 0 aliphatic carbocycles. The van der Waals surface area contributed by atoms with Crippen molar-refractivity contribution < 1.29 is 14.3 Å². The number of amides is 1. The SMILES string of the molecule is CCOC(=O)c1c(N2CC(S)CC2=O)n[nH]c1C. The van der Waals surface area contributed by atoms with Crippen LogP contribution in [0.3, 0.4) is 0 Å². The first-order valence-corrected chi connectivity index (χ1v) is 6.26. The van der Waals surface area contributed by atoms with Crippen molar-refractivity contribution in [2.24, 2.45) is 0 Å². The van der Waals surface area contributed by atoms with E-state index in [2.05, 4.69) is 22.8 Å². The number of nitrogens with zero attached hydrogens (tertiary/aromatic N) is 2. The molecular formula is C11H15N3O3S. The number of aryl methyl sites for hydroxylation is 1. The van der Waals surface area contributed by atoms with Crippen LogP contribution in [-0.2, 0) is 9.53 Å². The van der Waals surface area contributed by atoms with Gasteiger partial charge in [-0.25, -0.2) is 4.79 Å². The van der Waals surface area contributed by atoms with Gasteiger partial charge in [0.15, 0.2) is 5.82 Å². The van der Waals surface area contributed by atoms with Gasteiger partial charge in [-0.2, -0.15) is 17.7 Å². The quantitative estimate of drug-likeness (QED) is 0.632. The molecule has 6 nitrogen and oxygen atoms in total. The molecule has 0 aromatic carbocycles. The first-order valence-electron chi connectivity index (χ1n) is 5.75. The van der Waals surface area contributed by atoms with Gasteiger partial charge in [-0.15, -0.1) is 0 Å². The summed E-state index contributed by atoms with van der Waals surface area (Å²) in [7, 11) is 0. The Bertz CT molecular complexity index is 486. The van der Waals surface area contributed by atoms with Gasteiger partial charge in [0.25, 0.3) is 0 Å². The lowest BCUT2D eigenvalue weighted by atomic mass is 10.2. The highest BCUT2D eigenvalue weighted by atomic mass is 32.1. The second kappa shape index (κ2) is 5.01. The molecule has 1 amide bonds. The van der Waals surface area contributed by atoms with E-state index in [1.54, 1.807) is 13.8 Å². The summed E-state index contributed by atoms with van der Waals surface area (Å²) < 4.78 is 4.97. The van der Waals surface area contributed by atoms with E-state index in [9.17, 15) is 9.59 Å². The van der Waals surface area contributed by atoms with Crippen molar-refractivity contribution in [3.05, 3.63) is 11.3 Å². The van der Waals surface area contributed by atoms with Gasteiger partial charge < -0.3 is 4.74 Å². The number of ether oxygens (including phenoxy) is 1. The number of hydrogen-bond acceptors (Lipinski definition) is 5. The molecule has 2 heterocycles. The molecule has 2 rings (SSSR count). The van der Waals surface area contributed by atoms with Gasteiger partial charge in [0, 0.05) is 23.9 Å². The van der Waals surface area contributed by atoms with Gasteiger partial charge in [0.2, 0.25) is 5.91 Å². The van der Waals surface area contributed by atoms with Crippen LogP contribution in [0, 0.1) is 6.92 Å². The Kier molecular flexibility index (Phi) is 3.60. The van der Waals surface area contributed by atoms with Crippen LogP contribution in [0.5, 0.6) is 0 Å². The third kappa shape index (κ3) is 2.22. The number of carbonyl (C=O) groups is 2. The summed E-state index contributed by atoms with van der Waals surface area (Å²) in [6.45, 7) is 4.20. The van der Waals surface area contributed by atoms with Crippen LogP contribution in [0.25, 0.3) is 0 Å². The lowest BCUT2D eigenvalue weighted by molar-refractivity contribution is -0.117. The molecule has 1 atom stereocenters. The second-order valence-electron chi connectivity index (χ2n) is 4.13. The molecule has 1 saturated heterocycles. The maximum Gasteiger partial charge on any atom is 0.343 e. The van der Waals surface area contributed by atoms with E-state index in [0.717, 1.165) is 0 Å². The summed E-state index contributed by atoms with van der Waals surface area (Å²) in [5.41, 5.74) is 0.923. The molecule has 7 heteroatoms. The number of H-pyrrole nitrogens is 1. The maximum absolute atomic E-state index is 11.9. The molecule has 1 unspecified atom stereocenters. The monoisotopic (exact) mass is 269 g/mol. The molecule has 1 aromatic rings. The summed E-state index contributed by atoms with van der Waals surface area (Å²) in [4.78, 5) is 25.1. The average molecular weight is 269 g/mol. The second-order valence-corrected chi connectivity index (χ2v) is 4.86. The number of anilines is 1. The Morgan fingerprint density at radius 1 is 1.67 bits per heavy atom. The van der Waals surface area contributed by atoms with Gasteiger partial charge >= 0.3 is 5.97 Å². The van der Waals surface area contributed by atoms with E-state index >= 15 is 0 Å². The molecular weight excluding hydrogens is 254 g/mol. The van der Waals surface area contributed by atoms with Crippen molar-refractivity contribution in [3.8, 4) is 0 Å². The van der Waals surface area contributed by atoms with Crippen molar-refractivity contribution in [3.63, 3.8) is 0 Å². The molecule has 0 radical (unpaired) electrons. The minimum atomic E-state index is -0.464. The Morgan fingerprint density at radius 2 is 2.39 bits per heavy atom. The number of hydrogen-bond donors (Lipinski definition) is 2. The van der Waals surface area contributed by atoms with Gasteiger partial charge in [-0.3, -0.25) is 14.8 Å². The fourth-order valence-corrected chi connectivity index (χ4v) is 2.27. The number of carbonyl (C=O) groups excluding carboxylic acids is 2. The standard InChI is InChI=1S/C11H15N3O3S/c1-3-17-11(16)9-6(2)12-13-10(9)14-5-7(18)4-8(14)15/h7,18H,3-5H2,1-2H3,(H,12,13). The number of aromatic amines is 1. The fourth-order valence-electron chi connectivity index (χ4n) is 1.95. The van der Waals surface area contributed by atoms with Crippen LogP contribution in [0.4, 0.5) is 5.82 Å². The molecule has 1 fully saturated rings. The zero-order chi connectivity index (χ0) is 13.3. The Balaban J connectivity index is 2.34. The molecule has 0 bridgehead atoms. The minimum Gasteiger partial charge on any atom is -0.462 e. The molecule has 1 aliphatic heterocycles. The van der Waals surface area contributed by atoms with Gasteiger partial charge in [-0.05, 0) is 13.8 Å². The summed E-state index contributed by atoms with van der Waals surface area (Å²) in [5.74, 6) is -0.200. The average Bonchev–Trinajstić information content (AvgIpc) is 2.82. The fraction of sp³-hybridized carbons (Fsp3) is 0.545. The first-order chi connectivity index (χ1) is 8.54. The lowest BCUT2D eigenvalue weighted by Crippen LogP contribution is -2.27. The number of thiol groups is 1. The normalized spacial score (nSPS) is 19.4. The zero-order valence-corrected chi connectivity index (χ0v) is 11.2. The van der Waals surface area contributed by atoms with Crippen LogP contribution >= 0.6 is 12.6 Å². The van der Waals surface area contributed by atoms with Crippen molar-refractivity contribution in [1.29, 1.82) is 0 Å². The van der Waals surface area contributed by atoms with Crippen LogP contribution in [0.2, 0.25) is 0 Å². The third-order valence-electron chi connectivity index (χ3n) is 2.77. The number of aromatic nitrogens is 2. The lowest BCUT2D eigenvalue weighted by Gasteiger charge is -2.14. The van der Waals surface area contributed by atoms with Gasteiger partial charge in [0.1, 0.15) is 5.56 Å². The topological polar surface area (TPSA) is 75.3 Å². The summed E-state index contributed by atoms with van der Waals surface area (Å²) >= 11 is 4.28. The molecule has 1 aromatic heterocycles. The third-order valence-corrected chi connectivity index (χ3v) is 3.11. The van der Waals surface area contributed by atoms with E-state index < -0.39 is 5.97 Å². The Morgan fingerprint density at radius 3 is 2.94 bits per heavy atom. The molecule has 0 saturated carbocycles. The summed E-state index contributed by atoms with van der Waals surface area (Å²) in [6.07, 6.45) is 0.358. The van der Waals surface area contributed by atoms with Crippen molar-refractivity contribution >= 4 is 30.3 Å². The zero-order valence-electron chi connectivity index (χ0n) is 10.3. The maximum atomic E-state index is 11.9. The highest BCUT2D eigenvalue weighted by Crippen LogP contribution is 2.27. The van der Waals surface area contributed by atoms with Crippen molar-refractivity contribution in [1.82, 2.24) is 10.2 Å². The van der Waals surface area contributed by atoms with Crippen LogP contribution < -0.4 is 4.90 Å². The minimum absolute atomic E-state index is 0.0236. The largest absolute Gasteiger partial charge is 0.462 e. The van der Waals surface area contributed by atoms with Gasteiger partial charge in [0.05, 0.1) is 6.61 Å². The molecule has 18 heavy (non-hydrogen) atoms. The van der Waals surface area contributed by atoms with E-state index in [0.29, 0.717) is 30.0 Å². The smallest absolute Gasteiger partial charge is 0.343 e. The van der Waals surface area contributed by atoms with Crippen LogP contribution in [0.15, 0.2) is 0 Å². The van der Waals surface area contributed by atoms with Gasteiger partial charge in [-0.1, -0.05) is 0 Å². The summed E-state index contributed by atoms with van der Waals surface area (Å²) in [6, 6.07) is 0. The Labute approximate surface area is 110 Å². The molecule has 1 aliphatic rings. The highest BCUT2D eigenvalue weighted by molar-refractivity contribution is 7.81. The summed E-state index contributed by atoms with van der Waals surface area (Å²) in [5, 5.41) is 6.73. The number of esters is 1. The Hall–Kier alpha value is -1.50.